The fourth-order valence-corrected chi connectivity index (χ4v) is 2.84. The summed E-state index contributed by atoms with van der Waals surface area (Å²) in [6, 6.07) is 9.01. The van der Waals surface area contributed by atoms with Crippen molar-refractivity contribution in [3.63, 3.8) is 0 Å². The van der Waals surface area contributed by atoms with Crippen LogP contribution in [0.2, 0.25) is 0 Å². The molecule has 0 aliphatic carbocycles. The van der Waals surface area contributed by atoms with Crippen molar-refractivity contribution in [2.24, 2.45) is 0 Å². The second kappa shape index (κ2) is 5.62. The standard InChI is InChI=1S/C17H16O8/c1-23-11-8-10-12(14(19)13(11)18)15(20)16(21,22)17(24-2,25-10)9-6-4-3-5-7-9/h3-8,18-19,21-22H,1-2H3. The van der Waals surface area contributed by atoms with E-state index in [1.165, 1.54) is 19.2 Å². The first-order valence-corrected chi connectivity index (χ1v) is 7.22. The average molecular weight is 348 g/mol. The van der Waals surface area contributed by atoms with Crippen LogP contribution in [-0.2, 0) is 10.5 Å². The average Bonchev–Trinajstić information content (AvgIpc) is 2.61. The summed E-state index contributed by atoms with van der Waals surface area (Å²) in [6.07, 6.45) is 0. The molecule has 132 valence electrons. The topological polar surface area (TPSA) is 126 Å². The van der Waals surface area contributed by atoms with Crippen molar-refractivity contribution in [3.05, 3.63) is 47.5 Å². The Morgan fingerprint density at radius 2 is 1.68 bits per heavy atom. The van der Waals surface area contributed by atoms with E-state index in [4.69, 9.17) is 14.2 Å². The van der Waals surface area contributed by atoms with E-state index in [1.807, 2.05) is 0 Å². The third kappa shape index (κ3) is 2.15. The molecule has 0 amide bonds. The van der Waals surface area contributed by atoms with E-state index >= 15 is 0 Å². The number of carbonyl (C=O) groups is 1. The molecule has 8 heteroatoms. The highest BCUT2D eigenvalue weighted by molar-refractivity contribution is 6.08. The van der Waals surface area contributed by atoms with Crippen LogP contribution in [0.15, 0.2) is 36.4 Å². The third-order valence-corrected chi connectivity index (χ3v) is 4.12. The SMILES string of the molecule is COc1cc2c(c(O)c1O)C(=O)C(O)(O)C(OC)(c1ccccc1)O2. The van der Waals surface area contributed by atoms with Crippen LogP contribution in [0.3, 0.4) is 0 Å². The van der Waals surface area contributed by atoms with Crippen LogP contribution in [0.1, 0.15) is 15.9 Å². The van der Waals surface area contributed by atoms with Gasteiger partial charge in [-0.05, 0) is 0 Å². The number of Topliss-reactive ketones (excluding diaryl/α,β-unsaturated/α-hetero) is 1. The van der Waals surface area contributed by atoms with E-state index < -0.39 is 34.4 Å². The number of fused-ring (bicyclic) bond motifs is 1. The van der Waals surface area contributed by atoms with Gasteiger partial charge in [-0.1, -0.05) is 30.3 Å². The molecule has 3 rings (SSSR count). The van der Waals surface area contributed by atoms with Crippen LogP contribution in [0, 0.1) is 0 Å². The Bertz CT molecular complexity index is 830. The zero-order chi connectivity index (χ0) is 18.4. The number of phenols is 2. The predicted octanol–water partition coefficient (Wildman–Crippen LogP) is 0.862. The summed E-state index contributed by atoms with van der Waals surface area (Å²) in [7, 11) is 2.39. The lowest BCUT2D eigenvalue weighted by atomic mass is 9.86. The normalized spacial score (nSPS) is 21.4. The molecule has 0 aromatic heterocycles. The van der Waals surface area contributed by atoms with E-state index in [9.17, 15) is 25.2 Å². The molecule has 1 aliphatic heterocycles. The Labute approximate surface area is 142 Å². The monoisotopic (exact) mass is 348 g/mol. The van der Waals surface area contributed by atoms with Gasteiger partial charge in [-0.3, -0.25) is 4.79 Å². The Balaban J connectivity index is 2.31. The highest BCUT2D eigenvalue weighted by Gasteiger charge is 2.64. The molecule has 1 atom stereocenters. The molecule has 1 aliphatic rings. The Kier molecular flexibility index (Phi) is 3.83. The summed E-state index contributed by atoms with van der Waals surface area (Å²) in [5.74, 6) is -8.76. The van der Waals surface area contributed by atoms with Crippen molar-refractivity contribution in [2.75, 3.05) is 14.2 Å². The van der Waals surface area contributed by atoms with Gasteiger partial charge in [0.2, 0.25) is 11.5 Å². The molecular weight excluding hydrogens is 332 g/mol. The largest absolute Gasteiger partial charge is 0.504 e. The molecule has 2 aromatic carbocycles. The minimum absolute atomic E-state index is 0.160. The molecule has 0 radical (unpaired) electrons. The second-order valence-corrected chi connectivity index (χ2v) is 5.44. The molecule has 0 spiro atoms. The molecule has 1 unspecified atom stereocenters. The Morgan fingerprint density at radius 3 is 2.24 bits per heavy atom. The van der Waals surface area contributed by atoms with E-state index in [0.717, 1.165) is 13.2 Å². The highest BCUT2D eigenvalue weighted by Crippen LogP contribution is 2.52. The number of phenolic OH excluding ortho intramolecular Hbond substituents is 2. The lowest BCUT2D eigenvalue weighted by molar-refractivity contribution is -0.338. The van der Waals surface area contributed by atoms with Gasteiger partial charge in [0.05, 0.1) is 7.11 Å². The molecule has 0 saturated carbocycles. The summed E-state index contributed by atoms with van der Waals surface area (Å²) < 4.78 is 15.8. The molecule has 1 heterocycles. The molecule has 0 bridgehead atoms. The first kappa shape index (κ1) is 17.0. The number of benzene rings is 2. The van der Waals surface area contributed by atoms with Gasteiger partial charge < -0.3 is 34.6 Å². The highest BCUT2D eigenvalue weighted by atomic mass is 16.7. The molecule has 0 saturated heterocycles. The van der Waals surface area contributed by atoms with Crippen LogP contribution >= 0.6 is 0 Å². The third-order valence-electron chi connectivity index (χ3n) is 4.12. The summed E-state index contributed by atoms with van der Waals surface area (Å²) in [4.78, 5) is 12.7. The minimum Gasteiger partial charge on any atom is -0.504 e. The number of aliphatic hydroxyl groups is 2. The number of ether oxygens (including phenoxy) is 3. The van der Waals surface area contributed by atoms with Crippen LogP contribution in [0.25, 0.3) is 0 Å². The maximum Gasteiger partial charge on any atom is 0.301 e. The van der Waals surface area contributed by atoms with Gasteiger partial charge in [0, 0.05) is 18.7 Å². The van der Waals surface area contributed by atoms with Crippen molar-refractivity contribution in [1.82, 2.24) is 0 Å². The number of ketones is 1. The number of hydrogen-bond donors (Lipinski definition) is 4. The Hall–Kier alpha value is -2.81. The van der Waals surface area contributed by atoms with E-state index in [2.05, 4.69) is 0 Å². The fourth-order valence-electron chi connectivity index (χ4n) is 2.84. The molecule has 0 fully saturated rings. The molecular formula is C17H16O8. The van der Waals surface area contributed by atoms with Crippen molar-refractivity contribution in [3.8, 4) is 23.0 Å². The maximum atomic E-state index is 12.7. The molecule has 25 heavy (non-hydrogen) atoms. The number of aromatic hydroxyl groups is 2. The van der Waals surface area contributed by atoms with Crippen LogP contribution in [-0.4, -0.2) is 46.2 Å². The predicted molar refractivity (Wildman–Crippen MR) is 83.6 cm³/mol. The number of hydrogen-bond acceptors (Lipinski definition) is 8. The number of methoxy groups -OCH3 is 2. The molecule has 2 aromatic rings. The number of carbonyl (C=O) groups excluding carboxylic acids is 1. The van der Waals surface area contributed by atoms with Gasteiger partial charge in [-0.15, -0.1) is 0 Å². The quantitative estimate of drug-likeness (QED) is 0.475. The van der Waals surface area contributed by atoms with Gasteiger partial charge in [0.15, 0.2) is 11.5 Å². The van der Waals surface area contributed by atoms with Gasteiger partial charge >= 0.3 is 5.79 Å². The Morgan fingerprint density at radius 1 is 1.04 bits per heavy atom. The van der Waals surface area contributed by atoms with E-state index in [1.54, 1.807) is 18.2 Å². The number of rotatable bonds is 3. The summed E-state index contributed by atoms with van der Waals surface area (Å²) in [5, 5.41) is 41.0. The van der Waals surface area contributed by atoms with Gasteiger partial charge in [0.1, 0.15) is 11.3 Å². The van der Waals surface area contributed by atoms with Crippen molar-refractivity contribution >= 4 is 5.78 Å². The van der Waals surface area contributed by atoms with Gasteiger partial charge in [-0.25, -0.2) is 0 Å². The first-order valence-electron chi connectivity index (χ1n) is 7.22. The smallest absolute Gasteiger partial charge is 0.301 e. The van der Waals surface area contributed by atoms with E-state index in [0.29, 0.717) is 0 Å². The summed E-state index contributed by atoms with van der Waals surface area (Å²) in [5.41, 5.74) is -0.431. The lowest BCUT2D eigenvalue weighted by Crippen LogP contribution is -2.63. The van der Waals surface area contributed by atoms with Crippen LogP contribution < -0.4 is 9.47 Å². The fraction of sp³-hybridized carbons (Fsp3) is 0.235. The second-order valence-electron chi connectivity index (χ2n) is 5.44. The maximum absolute atomic E-state index is 12.7. The van der Waals surface area contributed by atoms with Crippen molar-refractivity contribution in [1.29, 1.82) is 0 Å². The zero-order valence-electron chi connectivity index (χ0n) is 13.4. The lowest BCUT2D eigenvalue weighted by Gasteiger charge is -2.44. The van der Waals surface area contributed by atoms with Crippen molar-refractivity contribution < 1.29 is 39.4 Å². The van der Waals surface area contributed by atoms with E-state index in [-0.39, 0.29) is 17.1 Å². The summed E-state index contributed by atoms with van der Waals surface area (Å²) in [6.45, 7) is 0. The van der Waals surface area contributed by atoms with Crippen molar-refractivity contribution in [2.45, 2.75) is 11.6 Å². The first-order chi connectivity index (χ1) is 11.8. The van der Waals surface area contributed by atoms with Crippen LogP contribution in [0.5, 0.6) is 23.0 Å². The zero-order valence-corrected chi connectivity index (χ0v) is 13.4. The van der Waals surface area contributed by atoms with Gasteiger partial charge in [0.25, 0.3) is 5.79 Å². The molecule has 4 N–H and O–H groups in total. The van der Waals surface area contributed by atoms with Crippen LogP contribution in [0.4, 0.5) is 0 Å². The molecule has 8 nitrogen and oxygen atoms in total. The minimum atomic E-state index is -3.17. The summed E-state index contributed by atoms with van der Waals surface area (Å²) >= 11 is 0. The van der Waals surface area contributed by atoms with Gasteiger partial charge in [-0.2, -0.15) is 0 Å².